The van der Waals surface area contributed by atoms with E-state index in [1.54, 1.807) is 24.3 Å². The summed E-state index contributed by atoms with van der Waals surface area (Å²) in [7, 11) is 0. The molecular weight excluding hydrogens is 254 g/mol. The lowest BCUT2D eigenvalue weighted by atomic mass is 10.2. The molecule has 3 nitrogen and oxygen atoms in total. The molecule has 0 aliphatic carbocycles. The molecule has 2 rings (SSSR count). The Labute approximate surface area is 108 Å². The van der Waals surface area contributed by atoms with Gasteiger partial charge in [-0.1, -0.05) is 17.7 Å². The van der Waals surface area contributed by atoms with Crippen LogP contribution in [-0.2, 0) is 0 Å². The average molecular weight is 264 g/mol. The lowest BCUT2D eigenvalue weighted by Gasteiger charge is -2.06. The van der Waals surface area contributed by atoms with Crippen LogP contribution < -0.4 is 4.74 Å². The van der Waals surface area contributed by atoms with E-state index < -0.39 is 28.9 Å². The molecular formula is C14H10F2O3. The molecule has 1 N–H and O–H groups in total. The van der Waals surface area contributed by atoms with Crippen molar-refractivity contribution in [3.63, 3.8) is 0 Å². The molecule has 98 valence electrons. The molecule has 0 aliphatic rings. The number of phenolic OH excluding ortho intramolecular Hbond substituents is 1. The standard InChI is InChI=1S/C14H10F2O3/c1-8-2-4-9(5-3-8)19-14(18)10-6-12(16)13(17)7-11(10)15/h2-7,17H,1H3. The zero-order valence-corrected chi connectivity index (χ0v) is 9.98. The normalized spacial score (nSPS) is 10.3. The molecule has 0 bridgehead atoms. The first-order valence-corrected chi connectivity index (χ1v) is 5.44. The summed E-state index contributed by atoms with van der Waals surface area (Å²) in [6, 6.07) is 7.65. The smallest absolute Gasteiger partial charge is 0.346 e. The molecule has 0 amide bonds. The summed E-state index contributed by atoms with van der Waals surface area (Å²) in [6.07, 6.45) is 0. The lowest BCUT2D eigenvalue weighted by Crippen LogP contribution is -2.11. The van der Waals surface area contributed by atoms with Gasteiger partial charge in [-0.25, -0.2) is 13.6 Å². The van der Waals surface area contributed by atoms with Crippen molar-refractivity contribution in [3.8, 4) is 11.5 Å². The number of hydrogen-bond donors (Lipinski definition) is 1. The van der Waals surface area contributed by atoms with Crippen LogP contribution in [0.3, 0.4) is 0 Å². The topological polar surface area (TPSA) is 46.5 Å². The van der Waals surface area contributed by atoms with Crippen molar-refractivity contribution in [1.82, 2.24) is 0 Å². The maximum absolute atomic E-state index is 13.4. The van der Waals surface area contributed by atoms with Crippen LogP contribution in [0.4, 0.5) is 8.78 Å². The minimum atomic E-state index is -1.09. The molecule has 0 saturated heterocycles. The summed E-state index contributed by atoms with van der Waals surface area (Å²) in [5.74, 6) is -3.79. The van der Waals surface area contributed by atoms with Crippen molar-refractivity contribution in [2.45, 2.75) is 6.92 Å². The quantitative estimate of drug-likeness (QED) is 0.669. The Morgan fingerprint density at radius 1 is 1.11 bits per heavy atom. The van der Waals surface area contributed by atoms with Crippen LogP contribution in [0.2, 0.25) is 0 Å². The number of esters is 1. The highest BCUT2D eigenvalue weighted by molar-refractivity contribution is 5.91. The van der Waals surface area contributed by atoms with Gasteiger partial charge >= 0.3 is 5.97 Å². The SMILES string of the molecule is Cc1ccc(OC(=O)c2cc(F)c(O)cc2F)cc1. The molecule has 0 spiro atoms. The van der Waals surface area contributed by atoms with Crippen LogP contribution in [0.5, 0.6) is 11.5 Å². The molecule has 0 radical (unpaired) electrons. The molecule has 0 heterocycles. The Morgan fingerprint density at radius 3 is 2.37 bits per heavy atom. The van der Waals surface area contributed by atoms with Gasteiger partial charge in [0.15, 0.2) is 11.6 Å². The molecule has 2 aromatic rings. The van der Waals surface area contributed by atoms with Crippen LogP contribution in [0, 0.1) is 18.6 Å². The summed E-state index contributed by atoms with van der Waals surface area (Å²) in [5, 5.41) is 8.96. The van der Waals surface area contributed by atoms with Crippen molar-refractivity contribution in [1.29, 1.82) is 0 Å². The number of benzene rings is 2. The maximum Gasteiger partial charge on any atom is 0.346 e. The highest BCUT2D eigenvalue weighted by Gasteiger charge is 2.17. The second-order valence-electron chi connectivity index (χ2n) is 3.99. The van der Waals surface area contributed by atoms with E-state index >= 15 is 0 Å². The van der Waals surface area contributed by atoms with E-state index in [2.05, 4.69) is 0 Å². The monoisotopic (exact) mass is 264 g/mol. The molecule has 0 atom stereocenters. The summed E-state index contributed by atoms with van der Waals surface area (Å²) < 4.78 is 31.4. The first-order chi connectivity index (χ1) is 8.97. The highest BCUT2D eigenvalue weighted by atomic mass is 19.1. The summed E-state index contributed by atoms with van der Waals surface area (Å²) >= 11 is 0. The fraction of sp³-hybridized carbons (Fsp3) is 0.0714. The van der Waals surface area contributed by atoms with Crippen LogP contribution in [-0.4, -0.2) is 11.1 Å². The van der Waals surface area contributed by atoms with Crippen LogP contribution in [0.25, 0.3) is 0 Å². The molecule has 0 aliphatic heterocycles. The van der Waals surface area contributed by atoms with E-state index in [-0.39, 0.29) is 5.75 Å². The first kappa shape index (κ1) is 13.0. The average Bonchev–Trinajstić information content (AvgIpc) is 2.36. The predicted octanol–water partition coefficient (Wildman–Crippen LogP) is 3.20. The van der Waals surface area contributed by atoms with Crippen molar-refractivity contribution in [3.05, 3.63) is 59.2 Å². The third kappa shape index (κ3) is 2.88. The maximum atomic E-state index is 13.4. The van der Waals surface area contributed by atoms with Gasteiger partial charge in [0, 0.05) is 6.07 Å². The number of carbonyl (C=O) groups is 1. The summed E-state index contributed by atoms with van der Waals surface area (Å²) in [6.45, 7) is 1.86. The van der Waals surface area contributed by atoms with Gasteiger partial charge in [-0.3, -0.25) is 0 Å². The van der Waals surface area contributed by atoms with Crippen molar-refractivity contribution >= 4 is 5.97 Å². The Kier molecular flexibility index (Phi) is 3.46. The minimum absolute atomic E-state index is 0.225. The zero-order chi connectivity index (χ0) is 14.0. The third-order valence-electron chi connectivity index (χ3n) is 2.49. The third-order valence-corrected chi connectivity index (χ3v) is 2.49. The number of ether oxygens (including phenoxy) is 1. The van der Waals surface area contributed by atoms with Crippen molar-refractivity contribution in [2.75, 3.05) is 0 Å². The van der Waals surface area contributed by atoms with E-state index in [4.69, 9.17) is 9.84 Å². The fourth-order valence-corrected chi connectivity index (χ4v) is 1.46. The molecule has 0 unspecified atom stereocenters. The fourth-order valence-electron chi connectivity index (χ4n) is 1.46. The van der Waals surface area contributed by atoms with Crippen molar-refractivity contribution in [2.24, 2.45) is 0 Å². The van der Waals surface area contributed by atoms with E-state index in [0.717, 1.165) is 5.56 Å². The second-order valence-corrected chi connectivity index (χ2v) is 3.99. The molecule has 5 heteroatoms. The number of rotatable bonds is 2. The number of carbonyl (C=O) groups excluding carboxylic acids is 1. The molecule has 19 heavy (non-hydrogen) atoms. The summed E-state index contributed by atoms with van der Waals surface area (Å²) in [5.41, 5.74) is 0.400. The van der Waals surface area contributed by atoms with Gasteiger partial charge in [-0.05, 0) is 25.1 Å². The van der Waals surface area contributed by atoms with E-state index in [0.29, 0.717) is 12.1 Å². The number of halogens is 2. The number of hydrogen-bond acceptors (Lipinski definition) is 3. The first-order valence-electron chi connectivity index (χ1n) is 5.44. The molecule has 0 aromatic heterocycles. The van der Waals surface area contributed by atoms with E-state index in [1.807, 2.05) is 6.92 Å². The van der Waals surface area contributed by atoms with Gasteiger partial charge in [-0.2, -0.15) is 0 Å². The van der Waals surface area contributed by atoms with Gasteiger partial charge in [-0.15, -0.1) is 0 Å². The molecule has 2 aromatic carbocycles. The summed E-state index contributed by atoms with van der Waals surface area (Å²) in [4.78, 5) is 11.7. The minimum Gasteiger partial charge on any atom is -0.505 e. The van der Waals surface area contributed by atoms with Crippen LogP contribution >= 0.6 is 0 Å². The van der Waals surface area contributed by atoms with Crippen LogP contribution in [0.15, 0.2) is 36.4 Å². The van der Waals surface area contributed by atoms with Gasteiger partial charge in [0.25, 0.3) is 0 Å². The van der Waals surface area contributed by atoms with Crippen LogP contribution in [0.1, 0.15) is 15.9 Å². The molecule has 0 saturated carbocycles. The van der Waals surface area contributed by atoms with Gasteiger partial charge in [0.2, 0.25) is 0 Å². The Balaban J connectivity index is 2.25. The Hall–Kier alpha value is -2.43. The van der Waals surface area contributed by atoms with Gasteiger partial charge in [0.05, 0.1) is 5.56 Å². The zero-order valence-electron chi connectivity index (χ0n) is 9.98. The Bertz CT molecular complexity index is 621. The van der Waals surface area contributed by atoms with E-state index in [9.17, 15) is 13.6 Å². The number of phenols is 1. The molecule has 0 fully saturated rings. The second kappa shape index (κ2) is 5.06. The largest absolute Gasteiger partial charge is 0.505 e. The van der Waals surface area contributed by atoms with Gasteiger partial charge < -0.3 is 9.84 Å². The highest BCUT2D eigenvalue weighted by Crippen LogP contribution is 2.21. The van der Waals surface area contributed by atoms with Gasteiger partial charge in [0.1, 0.15) is 11.6 Å². The number of aromatic hydroxyl groups is 1. The van der Waals surface area contributed by atoms with Crippen molar-refractivity contribution < 1.29 is 23.4 Å². The van der Waals surface area contributed by atoms with E-state index in [1.165, 1.54) is 0 Å². The Morgan fingerprint density at radius 2 is 1.74 bits per heavy atom. The number of aryl methyl sites for hydroxylation is 1. The predicted molar refractivity (Wildman–Crippen MR) is 64.2 cm³/mol. The lowest BCUT2D eigenvalue weighted by molar-refractivity contribution is 0.0729.